The monoisotopic (exact) mass is 366 g/mol. The molecule has 142 valence electrons. The first-order valence-electron chi connectivity index (χ1n) is 9.81. The van der Waals surface area contributed by atoms with Gasteiger partial charge in [0.1, 0.15) is 5.54 Å². The Bertz CT molecular complexity index is 871. The predicted octanol–water partition coefficient (Wildman–Crippen LogP) is 3.22. The molecule has 1 unspecified atom stereocenters. The van der Waals surface area contributed by atoms with Gasteiger partial charge in [-0.2, -0.15) is 5.10 Å². The lowest BCUT2D eigenvalue weighted by Crippen LogP contribution is -2.51. The van der Waals surface area contributed by atoms with Crippen molar-refractivity contribution in [1.29, 1.82) is 0 Å². The SMILES string of the molecule is CCC(CC)n1ccc(CN2C(=O)NC3(CCc4ccccc4C3)C2=O)n1. The largest absolute Gasteiger partial charge is 0.325 e. The minimum atomic E-state index is -0.802. The van der Waals surface area contributed by atoms with Crippen molar-refractivity contribution in [2.24, 2.45) is 0 Å². The van der Waals surface area contributed by atoms with E-state index in [0.29, 0.717) is 18.9 Å². The Balaban J connectivity index is 1.53. The molecule has 1 aromatic carbocycles. The molecule has 0 saturated carbocycles. The van der Waals surface area contributed by atoms with E-state index >= 15 is 0 Å². The van der Waals surface area contributed by atoms with Crippen LogP contribution in [0.15, 0.2) is 36.5 Å². The molecule has 0 radical (unpaired) electrons. The third-order valence-corrected chi connectivity index (χ3v) is 5.98. The second-order valence-corrected chi connectivity index (χ2v) is 7.61. The predicted molar refractivity (Wildman–Crippen MR) is 102 cm³/mol. The zero-order chi connectivity index (χ0) is 19.0. The first kappa shape index (κ1) is 17.8. The molecule has 1 aromatic heterocycles. The molecule has 3 amide bonds. The van der Waals surface area contributed by atoms with Gasteiger partial charge in [-0.3, -0.25) is 14.4 Å². The number of rotatable bonds is 5. The molecule has 2 aromatic rings. The van der Waals surface area contributed by atoms with Crippen LogP contribution in [0.25, 0.3) is 0 Å². The van der Waals surface area contributed by atoms with Crippen LogP contribution in [0.1, 0.15) is 56.0 Å². The smallest absolute Gasteiger partial charge is 0.323 e. The number of aryl methyl sites for hydroxylation is 1. The lowest BCUT2D eigenvalue weighted by molar-refractivity contribution is -0.132. The molecule has 1 atom stereocenters. The number of fused-ring (bicyclic) bond motifs is 1. The second kappa shape index (κ2) is 6.83. The van der Waals surface area contributed by atoms with E-state index in [1.165, 1.54) is 10.5 Å². The summed E-state index contributed by atoms with van der Waals surface area (Å²) in [6, 6.07) is 10.1. The summed E-state index contributed by atoms with van der Waals surface area (Å²) in [7, 11) is 0. The number of carbonyl (C=O) groups is 2. The Morgan fingerprint density at radius 1 is 1.15 bits per heavy atom. The molecule has 2 heterocycles. The Morgan fingerprint density at radius 3 is 2.63 bits per heavy atom. The zero-order valence-corrected chi connectivity index (χ0v) is 15.9. The van der Waals surface area contributed by atoms with Crippen LogP contribution in [-0.2, 0) is 24.2 Å². The van der Waals surface area contributed by atoms with Gasteiger partial charge in [-0.25, -0.2) is 4.79 Å². The maximum atomic E-state index is 13.2. The number of hydrogen-bond donors (Lipinski definition) is 1. The minimum Gasteiger partial charge on any atom is -0.323 e. The number of nitrogens with zero attached hydrogens (tertiary/aromatic N) is 3. The van der Waals surface area contributed by atoms with E-state index in [2.05, 4.69) is 36.4 Å². The van der Waals surface area contributed by atoms with Gasteiger partial charge in [0.25, 0.3) is 5.91 Å². The summed E-state index contributed by atoms with van der Waals surface area (Å²) >= 11 is 0. The fraction of sp³-hybridized carbons (Fsp3) is 0.476. The number of urea groups is 1. The molecule has 1 aliphatic heterocycles. The van der Waals surface area contributed by atoms with Gasteiger partial charge in [0, 0.05) is 12.6 Å². The highest BCUT2D eigenvalue weighted by Gasteiger charge is 2.52. The maximum absolute atomic E-state index is 13.2. The van der Waals surface area contributed by atoms with Crippen molar-refractivity contribution in [3.8, 4) is 0 Å². The van der Waals surface area contributed by atoms with Crippen molar-refractivity contribution in [3.05, 3.63) is 53.3 Å². The average Bonchev–Trinajstić information content (AvgIpc) is 3.22. The van der Waals surface area contributed by atoms with E-state index < -0.39 is 5.54 Å². The molecule has 1 spiro atoms. The summed E-state index contributed by atoms with van der Waals surface area (Å²) in [5.74, 6) is -0.126. The highest BCUT2D eigenvalue weighted by atomic mass is 16.2. The number of benzene rings is 1. The second-order valence-electron chi connectivity index (χ2n) is 7.61. The molecule has 1 aliphatic carbocycles. The third-order valence-electron chi connectivity index (χ3n) is 5.98. The topological polar surface area (TPSA) is 67.2 Å². The van der Waals surface area contributed by atoms with Crippen molar-refractivity contribution >= 4 is 11.9 Å². The van der Waals surface area contributed by atoms with E-state index in [-0.39, 0.29) is 18.5 Å². The Kier molecular flexibility index (Phi) is 4.50. The van der Waals surface area contributed by atoms with E-state index in [0.717, 1.165) is 30.5 Å². The number of aromatic nitrogens is 2. The van der Waals surface area contributed by atoms with E-state index in [9.17, 15) is 9.59 Å². The maximum Gasteiger partial charge on any atom is 0.325 e. The van der Waals surface area contributed by atoms with Crippen LogP contribution < -0.4 is 5.32 Å². The third kappa shape index (κ3) is 3.03. The quantitative estimate of drug-likeness (QED) is 0.826. The van der Waals surface area contributed by atoms with E-state index in [1.54, 1.807) is 0 Å². The van der Waals surface area contributed by atoms with Crippen LogP contribution >= 0.6 is 0 Å². The van der Waals surface area contributed by atoms with Gasteiger partial charge in [-0.15, -0.1) is 0 Å². The summed E-state index contributed by atoms with van der Waals surface area (Å²) in [6.07, 6.45) is 5.96. The minimum absolute atomic E-state index is 0.126. The molecule has 27 heavy (non-hydrogen) atoms. The molecule has 1 fully saturated rings. The first-order valence-corrected chi connectivity index (χ1v) is 9.81. The number of imide groups is 1. The first-order chi connectivity index (χ1) is 13.1. The number of amides is 3. The lowest BCUT2D eigenvalue weighted by atomic mass is 9.78. The van der Waals surface area contributed by atoms with Gasteiger partial charge in [0.15, 0.2) is 0 Å². The number of nitrogens with one attached hydrogen (secondary N) is 1. The molecule has 0 bridgehead atoms. The van der Waals surface area contributed by atoms with Gasteiger partial charge >= 0.3 is 6.03 Å². The van der Waals surface area contributed by atoms with Crippen LogP contribution in [0.3, 0.4) is 0 Å². The molecule has 1 N–H and O–H groups in total. The van der Waals surface area contributed by atoms with Crippen molar-refractivity contribution in [3.63, 3.8) is 0 Å². The molecule has 2 aliphatic rings. The summed E-state index contributed by atoms with van der Waals surface area (Å²) in [5.41, 5.74) is 2.37. The van der Waals surface area contributed by atoms with Gasteiger partial charge in [-0.05, 0) is 42.9 Å². The Labute approximate surface area is 159 Å². The van der Waals surface area contributed by atoms with Crippen molar-refractivity contribution in [2.45, 2.75) is 64.1 Å². The van der Waals surface area contributed by atoms with Crippen LogP contribution in [0, 0.1) is 0 Å². The van der Waals surface area contributed by atoms with Crippen molar-refractivity contribution in [2.75, 3.05) is 0 Å². The highest BCUT2D eigenvalue weighted by Crippen LogP contribution is 2.34. The van der Waals surface area contributed by atoms with Crippen LogP contribution in [-0.4, -0.2) is 32.2 Å². The fourth-order valence-electron chi connectivity index (χ4n) is 4.33. The summed E-state index contributed by atoms with van der Waals surface area (Å²) in [6.45, 7) is 4.50. The number of hydrogen-bond acceptors (Lipinski definition) is 3. The van der Waals surface area contributed by atoms with Crippen LogP contribution in [0.2, 0.25) is 0 Å². The molecular formula is C21H26N4O2. The normalized spacial score (nSPS) is 21.8. The Morgan fingerprint density at radius 2 is 1.89 bits per heavy atom. The molecule has 1 saturated heterocycles. The van der Waals surface area contributed by atoms with Gasteiger partial charge in [-0.1, -0.05) is 38.1 Å². The van der Waals surface area contributed by atoms with E-state index in [1.807, 2.05) is 29.1 Å². The standard InChI is InChI=1S/C21H26N4O2/c1-3-18(4-2)25-12-10-17(23-25)14-24-19(26)21(22-20(24)27)11-9-15-7-5-6-8-16(15)13-21/h5-8,10,12,18H,3-4,9,11,13-14H2,1-2H3,(H,22,27). The lowest BCUT2D eigenvalue weighted by Gasteiger charge is -2.32. The summed E-state index contributed by atoms with van der Waals surface area (Å²) in [4.78, 5) is 27.1. The van der Waals surface area contributed by atoms with Gasteiger partial charge in [0.05, 0.1) is 18.3 Å². The van der Waals surface area contributed by atoms with Crippen LogP contribution in [0.4, 0.5) is 4.79 Å². The zero-order valence-electron chi connectivity index (χ0n) is 15.9. The highest BCUT2D eigenvalue weighted by molar-refractivity contribution is 6.07. The van der Waals surface area contributed by atoms with E-state index in [4.69, 9.17) is 0 Å². The van der Waals surface area contributed by atoms with Crippen molar-refractivity contribution < 1.29 is 9.59 Å². The average molecular weight is 366 g/mol. The molecule has 6 heteroatoms. The number of carbonyl (C=O) groups excluding carboxylic acids is 2. The molecule has 6 nitrogen and oxygen atoms in total. The van der Waals surface area contributed by atoms with Gasteiger partial charge < -0.3 is 5.32 Å². The summed E-state index contributed by atoms with van der Waals surface area (Å²) < 4.78 is 1.94. The summed E-state index contributed by atoms with van der Waals surface area (Å²) in [5, 5.41) is 7.58. The Hall–Kier alpha value is -2.63. The fourth-order valence-corrected chi connectivity index (χ4v) is 4.33. The molecular weight excluding hydrogens is 340 g/mol. The molecule has 4 rings (SSSR count). The van der Waals surface area contributed by atoms with Gasteiger partial charge in [0.2, 0.25) is 0 Å². The van der Waals surface area contributed by atoms with Crippen LogP contribution in [0.5, 0.6) is 0 Å². The van der Waals surface area contributed by atoms with Crippen molar-refractivity contribution in [1.82, 2.24) is 20.0 Å².